The molecule has 0 radical (unpaired) electrons. The van der Waals surface area contributed by atoms with Crippen molar-refractivity contribution < 1.29 is 13.2 Å². The molecule has 0 aliphatic heterocycles. The number of anilines is 1. The van der Waals surface area contributed by atoms with Gasteiger partial charge in [-0.3, -0.25) is 0 Å². The fourth-order valence-corrected chi connectivity index (χ4v) is 2.91. The smallest absolute Gasteiger partial charge is 0.242 e. The highest BCUT2D eigenvalue weighted by Crippen LogP contribution is 2.25. The van der Waals surface area contributed by atoms with Gasteiger partial charge in [-0.15, -0.1) is 11.8 Å². The van der Waals surface area contributed by atoms with Crippen molar-refractivity contribution in [2.75, 3.05) is 32.3 Å². The molecule has 0 unspecified atom stereocenters. The van der Waals surface area contributed by atoms with Crippen LogP contribution in [0.4, 0.5) is 5.69 Å². The third kappa shape index (κ3) is 3.88. The highest BCUT2D eigenvalue weighted by Gasteiger charge is 2.15. The molecule has 0 saturated heterocycles. The summed E-state index contributed by atoms with van der Waals surface area (Å²) in [5, 5.41) is 0. The molecule has 3 N–H and O–H groups in total. The van der Waals surface area contributed by atoms with Crippen molar-refractivity contribution in [1.29, 1.82) is 0 Å². The molecule has 0 amide bonds. The van der Waals surface area contributed by atoms with Crippen LogP contribution in [0.3, 0.4) is 0 Å². The third-order valence-corrected chi connectivity index (χ3v) is 4.54. The summed E-state index contributed by atoms with van der Waals surface area (Å²) in [4.78, 5) is 1.03. The number of benzene rings is 1. The third-order valence-electron chi connectivity index (χ3n) is 2.10. The molecule has 0 fully saturated rings. The van der Waals surface area contributed by atoms with Crippen LogP contribution in [-0.4, -0.2) is 34.9 Å². The van der Waals surface area contributed by atoms with E-state index in [2.05, 4.69) is 4.72 Å². The van der Waals surface area contributed by atoms with Gasteiger partial charge in [-0.2, -0.15) is 0 Å². The Kier molecular flexibility index (Phi) is 5.26. The molecule has 0 aromatic heterocycles. The first kappa shape index (κ1) is 14.3. The molecule has 0 bridgehead atoms. The van der Waals surface area contributed by atoms with Crippen molar-refractivity contribution in [3.63, 3.8) is 0 Å². The molecule has 0 heterocycles. The average molecular weight is 276 g/mol. The van der Waals surface area contributed by atoms with Crippen LogP contribution >= 0.6 is 11.8 Å². The Morgan fingerprint density at radius 2 is 2.18 bits per heavy atom. The number of nitrogen functional groups attached to an aromatic ring is 1. The van der Waals surface area contributed by atoms with Crippen molar-refractivity contribution in [3.05, 3.63) is 18.2 Å². The fourth-order valence-electron chi connectivity index (χ4n) is 1.21. The summed E-state index contributed by atoms with van der Waals surface area (Å²) >= 11 is 1.57. The molecular formula is C10H16N2O3S2. The van der Waals surface area contributed by atoms with Gasteiger partial charge in [-0.25, -0.2) is 13.1 Å². The van der Waals surface area contributed by atoms with E-state index in [1.807, 2.05) is 0 Å². The minimum atomic E-state index is -3.48. The molecule has 1 rings (SSSR count). The van der Waals surface area contributed by atoms with E-state index in [1.165, 1.54) is 13.1 Å². The van der Waals surface area contributed by atoms with Crippen LogP contribution < -0.4 is 10.5 Å². The van der Waals surface area contributed by atoms with E-state index in [0.29, 0.717) is 6.61 Å². The maximum atomic E-state index is 11.6. The predicted octanol–water partition coefficient (Wildman–Crippen LogP) is 0.915. The zero-order valence-electron chi connectivity index (χ0n) is 9.76. The zero-order chi connectivity index (χ0) is 12.9. The SMILES string of the molecule is CNS(=O)(=O)c1ccc(SCCOC)cc1N. The lowest BCUT2D eigenvalue weighted by atomic mass is 10.3. The second-order valence-corrected chi connectivity index (χ2v) is 6.27. The highest BCUT2D eigenvalue weighted by molar-refractivity contribution is 7.99. The van der Waals surface area contributed by atoms with Crippen LogP contribution in [0.5, 0.6) is 0 Å². The fraction of sp³-hybridized carbons (Fsp3) is 0.400. The van der Waals surface area contributed by atoms with Gasteiger partial charge in [0.2, 0.25) is 10.0 Å². The van der Waals surface area contributed by atoms with Crippen LogP contribution in [0.1, 0.15) is 0 Å². The van der Waals surface area contributed by atoms with Gasteiger partial charge in [0.15, 0.2) is 0 Å². The van der Waals surface area contributed by atoms with Crippen molar-refractivity contribution in [2.24, 2.45) is 0 Å². The van der Waals surface area contributed by atoms with Gasteiger partial charge >= 0.3 is 0 Å². The maximum Gasteiger partial charge on any atom is 0.242 e. The van der Waals surface area contributed by atoms with Crippen LogP contribution in [0.25, 0.3) is 0 Å². The molecule has 7 heteroatoms. The van der Waals surface area contributed by atoms with Gasteiger partial charge in [0.1, 0.15) is 4.90 Å². The largest absolute Gasteiger partial charge is 0.398 e. The number of thioether (sulfide) groups is 1. The van der Waals surface area contributed by atoms with Crippen LogP contribution in [0.2, 0.25) is 0 Å². The molecule has 1 aromatic rings. The number of rotatable bonds is 6. The van der Waals surface area contributed by atoms with Gasteiger partial charge in [0.05, 0.1) is 12.3 Å². The summed E-state index contributed by atoms with van der Waals surface area (Å²) in [5.74, 6) is 0.800. The summed E-state index contributed by atoms with van der Waals surface area (Å²) < 4.78 is 30.3. The van der Waals surface area contributed by atoms with Crippen molar-refractivity contribution in [3.8, 4) is 0 Å². The summed E-state index contributed by atoms with van der Waals surface area (Å²) in [5.41, 5.74) is 5.98. The second-order valence-electron chi connectivity index (χ2n) is 3.25. The zero-order valence-corrected chi connectivity index (χ0v) is 11.4. The van der Waals surface area contributed by atoms with Gasteiger partial charge in [0.25, 0.3) is 0 Å². The van der Waals surface area contributed by atoms with Crippen molar-refractivity contribution in [2.45, 2.75) is 9.79 Å². The lowest BCUT2D eigenvalue weighted by Gasteiger charge is -2.08. The van der Waals surface area contributed by atoms with E-state index >= 15 is 0 Å². The molecule has 0 aliphatic carbocycles. The standard InChI is InChI=1S/C10H16N2O3S2/c1-12-17(13,14)10-4-3-8(7-9(10)11)16-6-5-15-2/h3-4,7,12H,5-6,11H2,1-2H3. The monoisotopic (exact) mass is 276 g/mol. The highest BCUT2D eigenvalue weighted by atomic mass is 32.2. The quantitative estimate of drug-likeness (QED) is 0.458. The second kappa shape index (κ2) is 6.25. The predicted molar refractivity (Wildman–Crippen MR) is 69.7 cm³/mol. The number of methoxy groups -OCH3 is 1. The van der Waals surface area contributed by atoms with Gasteiger partial charge < -0.3 is 10.5 Å². The van der Waals surface area contributed by atoms with Crippen LogP contribution in [0.15, 0.2) is 28.0 Å². The summed E-state index contributed by atoms with van der Waals surface area (Å²) in [7, 11) is -0.486. The number of hydrogen-bond donors (Lipinski definition) is 2. The van der Waals surface area contributed by atoms with Gasteiger partial charge in [0, 0.05) is 17.8 Å². The van der Waals surface area contributed by atoms with E-state index in [-0.39, 0.29) is 10.6 Å². The topological polar surface area (TPSA) is 81.4 Å². The molecule has 0 atom stereocenters. The Balaban J connectivity index is 2.87. The lowest BCUT2D eigenvalue weighted by molar-refractivity contribution is 0.218. The number of nitrogens with two attached hydrogens (primary N) is 1. The van der Waals surface area contributed by atoms with E-state index in [0.717, 1.165) is 10.6 Å². The van der Waals surface area contributed by atoms with Crippen molar-refractivity contribution in [1.82, 2.24) is 4.72 Å². The Morgan fingerprint density at radius 3 is 2.71 bits per heavy atom. The maximum absolute atomic E-state index is 11.6. The Hall–Kier alpha value is -0.760. The summed E-state index contributed by atoms with van der Waals surface area (Å²) in [6.45, 7) is 0.640. The van der Waals surface area contributed by atoms with E-state index in [9.17, 15) is 8.42 Å². The summed E-state index contributed by atoms with van der Waals surface area (Å²) in [6.07, 6.45) is 0. The average Bonchev–Trinajstić information content (AvgIpc) is 2.29. The first-order chi connectivity index (χ1) is 8.01. The van der Waals surface area contributed by atoms with Gasteiger partial charge in [-0.05, 0) is 25.2 Å². The molecule has 96 valence electrons. The van der Waals surface area contributed by atoms with E-state index in [4.69, 9.17) is 10.5 Å². The normalized spacial score (nSPS) is 11.6. The van der Waals surface area contributed by atoms with Crippen molar-refractivity contribution >= 4 is 27.5 Å². The van der Waals surface area contributed by atoms with Crippen LogP contribution in [-0.2, 0) is 14.8 Å². The molecule has 1 aromatic carbocycles. The lowest BCUT2D eigenvalue weighted by Crippen LogP contribution is -2.19. The number of nitrogens with one attached hydrogen (secondary N) is 1. The molecule has 0 aliphatic rings. The molecule has 17 heavy (non-hydrogen) atoms. The number of ether oxygens (including phenoxy) is 1. The molecular weight excluding hydrogens is 260 g/mol. The van der Waals surface area contributed by atoms with Gasteiger partial charge in [-0.1, -0.05) is 0 Å². The molecule has 5 nitrogen and oxygen atoms in total. The molecule has 0 spiro atoms. The summed E-state index contributed by atoms with van der Waals surface area (Å²) in [6, 6.07) is 4.90. The molecule has 0 saturated carbocycles. The minimum absolute atomic E-state index is 0.107. The Labute approximate surface area is 106 Å². The minimum Gasteiger partial charge on any atom is -0.398 e. The Bertz CT molecular complexity index is 474. The van der Waals surface area contributed by atoms with Crippen LogP contribution in [0, 0.1) is 0 Å². The Morgan fingerprint density at radius 1 is 1.47 bits per heavy atom. The number of hydrogen-bond acceptors (Lipinski definition) is 5. The van der Waals surface area contributed by atoms with E-state index in [1.54, 1.807) is 31.0 Å². The number of sulfonamides is 1. The van der Waals surface area contributed by atoms with E-state index < -0.39 is 10.0 Å². The first-order valence-corrected chi connectivity index (χ1v) is 7.43. The first-order valence-electron chi connectivity index (χ1n) is 4.96.